The predicted octanol–water partition coefficient (Wildman–Crippen LogP) is 1.92. The molecule has 6 heteroatoms. The molecule has 2 heterocycles. The van der Waals surface area contributed by atoms with Crippen molar-refractivity contribution in [1.82, 2.24) is 4.37 Å². The molecule has 3 rings (SSSR count). The van der Waals surface area contributed by atoms with Gasteiger partial charge in [-0.15, -0.1) is 0 Å². The Labute approximate surface area is 122 Å². The van der Waals surface area contributed by atoms with Crippen LogP contribution in [0.2, 0.25) is 0 Å². The molecule has 2 aromatic rings. The molecular weight excluding hydrogens is 270 g/mol. The molecule has 5 nitrogen and oxygen atoms in total. The summed E-state index contributed by atoms with van der Waals surface area (Å²) >= 11 is 1.31. The van der Waals surface area contributed by atoms with E-state index < -0.39 is 0 Å². The zero-order valence-electron chi connectivity index (χ0n) is 11.0. The molecule has 1 saturated heterocycles. The van der Waals surface area contributed by atoms with Crippen LogP contribution in [0, 0.1) is 11.3 Å². The number of nitrogen functional groups attached to an aromatic ring is 1. The Balaban J connectivity index is 1.71. The highest BCUT2D eigenvalue weighted by atomic mass is 32.1. The summed E-state index contributed by atoms with van der Waals surface area (Å²) in [6.07, 6.45) is 0. The van der Waals surface area contributed by atoms with Crippen molar-refractivity contribution in [2.45, 2.75) is 0 Å². The molecular formula is C14H15N5S. The monoisotopic (exact) mass is 285 g/mol. The first-order valence-electron chi connectivity index (χ1n) is 6.50. The molecule has 1 aromatic heterocycles. The first kappa shape index (κ1) is 12.8. The van der Waals surface area contributed by atoms with Gasteiger partial charge in [0.1, 0.15) is 16.6 Å². The molecule has 0 atom stereocenters. The van der Waals surface area contributed by atoms with E-state index in [-0.39, 0.29) is 0 Å². The molecule has 102 valence electrons. The molecule has 0 spiro atoms. The number of benzene rings is 1. The van der Waals surface area contributed by atoms with Gasteiger partial charge in [0.05, 0.1) is 0 Å². The van der Waals surface area contributed by atoms with E-state index >= 15 is 0 Å². The minimum absolute atomic E-state index is 0.345. The summed E-state index contributed by atoms with van der Waals surface area (Å²) in [5, 5.41) is 10.0. The van der Waals surface area contributed by atoms with E-state index in [9.17, 15) is 0 Å². The Kier molecular flexibility index (Phi) is 3.44. The smallest absolute Gasteiger partial charge is 0.157 e. The third-order valence-electron chi connectivity index (χ3n) is 3.50. The van der Waals surface area contributed by atoms with Crippen molar-refractivity contribution in [1.29, 1.82) is 5.26 Å². The fourth-order valence-corrected chi connectivity index (χ4v) is 3.24. The zero-order chi connectivity index (χ0) is 13.9. The SMILES string of the molecule is N#Cc1c(N)nsc1N1CCN(c2ccccc2)CC1. The number of hydrogen-bond acceptors (Lipinski definition) is 6. The zero-order valence-corrected chi connectivity index (χ0v) is 11.8. The quantitative estimate of drug-likeness (QED) is 0.913. The van der Waals surface area contributed by atoms with E-state index in [0.717, 1.165) is 31.2 Å². The molecule has 0 saturated carbocycles. The lowest BCUT2D eigenvalue weighted by molar-refractivity contribution is 0.657. The summed E-state index contributed by atoms with van der Waals surface area (Å²) < 4.78 is 4.08. The third-order valence-corrected chi connectivity index (χ3v) is 4.42. The second-order valence-corrected chi connectivity index (χ2v) is 5.42. The van der Waals surface area contributed by atoms with E-state index in [1.165, 1.54) is 17.2 Å². The summed E-state index contributed by atoms with van der Waals surface area (Å²) in [5.41, 5.74) is 7.48. The van der Waals surface area contributed by atoms with Crippen LogP contribution in [0.15, 0.2) is 30.3 Å². The summed E-state index contributed by atoms with van der Waals surface area (Å²) in [7, 11) is 0. The maximum atomic E-state index is 9.15. The van der Waals surface area contributed by atoms with Gasteiger partial charge < -0.3 is 15.5 Å². The Morgan fingerprint density at radius 1 is 1.10 bits per heavy atom. The molecule has 1 fully saturated rings. The Hall–Kier alpha value is -2.26. The topological polar surface area (TPSA) is 69.2 Å². The maximum absolute atomic E-state index is 9.15. The lowest BCUT2D eigenvalue weighted by Crippen LogP contribution is -2.46. The van der Waals surface area contributed by atoms with Crippen LogP contribution >= 0.6 is 11.5 Å². The van der Waals surface area contributed by atoms with Crippen molar-refractivity contribution < 1.29 is 0 Å². The minimum atomic E-state index is 0.345. The number of nitrogens with two attached hydrogens (primary N) is 1. The van der Waals surface area contributed by atoms with Gasteiger partial charge in [-0.2, -0.15) is 9.64 Å². The van der Waals surface area contributed by atoms with E-state index in [2.05, 4.69) is 44.5 Å². The molecule has 20 heavy (non-hydrogen) atoms. The maximum Gasteiger partial charge on any atom is 0.157 e. The number of nitrogens with zero attached hydrogens (tertiary/aromatic N) is 4. The molecule has 1 aliphatic heterocycles. The second kappa shape index (κ2) is 5.39. The molecule has 0 aliphatic carbocycles. The second-order valence-electron chi connectivity index (χ2n) is 4.67. The van der Waals surface area contributed by atoms with Gasteiger partial charge in [-0.25, -0.2) is 0 Å². The Bertz CT molecular complexity index is 623. The van der Waals surface area contributed by atoms with Crippen molar-refractivity contribution in [3.63, 3.8) is 0 Å². The van der Waals surface area contributed by atoms with Gasteiger partial charge in [0, 0.05) is 31.9 Å². The van der Waals surface area contributed by atoms with Crippen molar-refractivity contribution in [2.24, 2.45) is 0 Å². The number of piperazine rings is 1. The van der Waals surface area contributed by atoms with Gasteiger partial charge in [-0.1, -0.05) is 18.2 Å². The highest BCUT2D eigenvalue weighted by molar-refractivity contribution is 7.10. The van der Waals surface area contributed by atoms with Gasteiger partial charge in [0.25, 0.3) is 0 Å². The van der Waals surface area contributed by atoms with Crippen LogP contribution in [-0.2, 0) is 0 Å². The first-order chi connectivity index (χ1) is 9.79. The van der Waals surface area contributed by atoms with Crippen molar-refractivity contribution in [2.75, 3.05) is 41.7 Å². The van der Waals surface area contributed by atoms with Crippen LogP contribution in [-0.4, -0.2) is 30.6 Å². The number of anilines is 3. The summed E-state index contributed by atoms with van der Waals surface area (Å²) in [6, 6.07) is 12.5. The van der Waals surface area contributed by atoms with E-state index in [0.29, 0.717) is 11.4 Å². The van der Waals surface area contributed by atoms with Gasteiger partial charge in [0.2, 0.25) is 0 Å². The molecule has 0 unspecified atom stereocenters. The van der Waals surface area contributed by atoms with Crippen LogP contribution in [0.5, 0.6) is 0 Å². The fourth-order valence-electron chi connectivity index (χ4n) is 2.42. The van der Waals surface area contributed by atoms with Crippen LogP contribution in [0.4, 0.5) is 16.5 Å². The average Bonchev–Trinajstić information content (AvgIpc) is 2.89. The van der Waals surface area contributed by atoms with Gasteiger partial charge in [0.15, 0.2) is 5.82 Å². The first-order valence-corrected chi connectivity index (χ1v) is 7.27. The van der Waals surface area contributed by atoms with Crippen molar-refractivity contribution >= 4 is 28.0 Å². The van der Waals surface area contributed by atoms with E-state index in [4.69, 9.17) is 11.0 Å². The lowest BCUT2D eigenvalue weighted by atomic mass is 10.2. The number of rotatable bonds is 2. The molecule has 1 aliphatic rings. The molecule has 0 bridgehead atoms. The summed E-state index contributed by atoms with van der Waals surface area (Å²) in [6.45, 7) is 3.63. The Morgan fingerprint density at radius 3 is 2.40 bits per heavy atom. The molecule has 0 radical (unpaired) electrons. The van der Waals surface area contributed by atoms with E-state index in [1.807, 2.05) is 6.07 Å². The lowest BCUT2D eigenvalue weighted by Gasteiger charge is -2.36. The van der Waals surface area contributed by atoms with Crippen LogP contribution in [0.3, 0.4) is 0 Å². The van der Waals surface area contributed by atoms with E-state index in [1.54, 1.807) is 0 Å². The van der Waals surface area contributed by atoms with Crippen LogP contribution in [0.25, 0.3) is 0 Å². The number of nitriles is 1. The van der Waals surface area contributed by atoms with Crippen molar-refractivity contribution in [3.8, 4) is 6.07 Å². The molecule has 0 amide bonds. The standard InChI is InChI=1S/C14H15N5S/c15-10-12-13(16)17-20-14(12)19-8-6-18(7-9-19)11-4-2-1-3-5-11/h1-5H,6-9H2,(H2,16,17). The summed E-state index contributed by atoms with van der Waals surface area (Å²) in [5.74, 6) is 0.345. The Morgan fingerprint density at radius 2 is 1.75 bits per heavy atom. The predicted molar refractivity (Wildman–Crippen MR) is 82.1 cm³/mol. The largest absolute Gasteiger partial charge is 0.382 e. The number of hydrogen-bond donors (Lipinski definition) is 1. The van der Waals surface area contributed by atoms with Gasteiger partial charge in [-0.3, -0.25) is 0 Å². The highest BCUT2D eigenvalue weighted by Gasteiger charge is 2.22. The molecule has 1 aromatic carbocycles. The number of para-hydroxylation sites is 1. The molecule has 2 N–H and O–H groups in total. The third kappa shape index (κ3) is 2.28. The highest BCUT2D eigenvalue weighted by Crippen LogP contribution is 2.30. The normalized spacial score (nSPS) is 15.2. The van der Waals surface area contributed by atoms with Gasteiger partial charge >= 0.3 is 0 Å². The van der Waals surface area contributed by atoms with Crippen LogP contribution < -0.4 is 15.5 Å². The van der Waals surface area contributed by atoms with Gasteiger partial charge in [-0.05, 0) is 23.7 Å². The fraction of sp³-hybridized carbons (Fsp3) is 0.286. The minimum Gasteiger partial charge on any atom is -0.382 e. The summed E-state index contributed by atoms with van der Waals surface area (Å²) in [4.78, 5) is 4.55. The average molecular weight is 285 g/mol. The van der Waals surface area contributed by atoms with Crippen molar-refractivity contribution in [3.05, 3.63) is 35.9 Å². The number of aromatic nitrogens is 1. The van der Waals surface area contributed by atoms with Crippen LogP contribution in [0.1, 0.15) is 5.56 Å².